The monoisotopic (exact) mass is 346 g/mol. The molecule has 0 aliphatic carbocycles. The van der Waals surface area contributed by atoms with Crippen LogP contribution in [0.4, 0.5) is 9.59 Å². The summed E-state index contributed by atoms with van der Waals surface area (Å²) in [6.45, 7) is 10.4. The molecule has 0 aromatic carbocycles. The standard InChI is InChI=1S/C16H30N2O6/c1-11(15(3,4)21)23-13(19)17-8-7-9-18(10-17)14(20)24-12(2)16(5,6)22/h11-12,21-22H,7-10H2,1-6H3. The first-order valence-corrected chi connectivity index (χ1v) is 8.18. The Balaban J connectivity index is 2.60. The van der Waals surface area contributed by atoms with Gasteiger partial charge in [-0.1, -0.05) is 0 Å². The summed E-state index contributed by atoms with van der Waals surface area (Å²) >= 11 is 0. The average molecular weight is 346 g/mol. The van der Waals surface area contributed by atoms with Gasteiger partial charge >= 0.3 is 12.2 Å². The van der Waals surface area contributed by atoms with Gasteiger partial charge in [0.25, 0.3) is 0 Å². The van der Waals surface area contributed by atoms with Gasteiger partial charge in [-0.2, -0.15) is 0 Å². The van der Waals surface area contributed by atoms with Crippen molar-refractivity contribution in [1.29, 1.82) is 0 Å². The van der Waals surface area contributed by atoms with E-state index in [1.165, 1.54) is 9.80 Å². The van der Waals surface area contributed by atoms with Gasteiger partial charge in [0.1, 0.15) is 18.9 Å². The van der Waals surface area contributed by atoms with Crippen LogP contribution >= 0.6 is 0 Å². The lowest BCUT2D eigenvalue weighted by atomic mass is 10.0. The number of carbonyl (C=O) groups is 2. The number of ether oxygens (including phenoxy) is 2. The Labute approximate surface area is 143 Å². The molecule has 0 radical (unpaired) electrons. The summed E-state index contributed by atoms with van der Waals surface area (Å²) in [6, 6.07) is 0. The van der Waals surface area contributed by atoms with Crippen molar-refractivity contribution in [2.45, 2.75) is 71.4 Å². The molecule has 2 unspecified atom stereocenters. The predicted octanol–water partition coefficient (Wildman–Crippen LogP) is 1.54. The molecule has 0 bridgehead atoms. The average Bonchev–Trinajstić information content (AvgIpc) is 2.45. The van der Waals surface area contributed by atoms with E-state index in [0.29, 0.717) is 19.5 Å². The maximum atomic E-state index is 12.2. The Morgan fingerprint density at radius 1 is 0.875 bits per heavy atom. The molecular formula is C16H30N2O6. The van der Waals surface area contributed by atoms with Crippen molar-refractivity contribution < 1.29 is 29.3 Å². The van der Waals surface area contributed by atoms with Gasteiger partial charge in [-0.25, -0.2) is 9.59 Å². The maximum Gasteiger partial charge on any atom is 0.411 e. The number of hydrogen-bond donors (Lipinski definition) is 2. The van der Waals surface area contributed by atoms with E-state index < -0.39 is 35.6 Å². The lowest BCUT2D eigenvalue weighted by Gasteiger charge is -2.37. The molecule has 0 aromatic heterocycles. The first kappa shape index (κ1) is 20.5. The van der Waals surface area contributed by atoms with Gasteiger partial charge in [-0.15, -0.1) is 0 Å². The van der Waals surface area contributed by atoms with Crippen LogP contribution in [-0.4, -0.2) is 75.4 Å². The molecule has 8 heteroatoms. The molecule has 1 saturated heterocycles. The fourth-order valence-corrected chi connectivity index (χ4v) is 1.84. The molecule has 1 heterocycles. The fraction of sp³-hybridized carbons (Fsp3) is 0.875. The highest BCUT2D eigenvalue weighted by Crippen LogP contribution is 2.17. The Kier molecular flexibility index (Phi) is 6.46. The number of rotatable bonds is 4. The molecule has 1 aliphatic heterocycles. The van der Waals surface area contributed by atoms with Crippen molar-refractivity contribution in [3.05, 3.63) is 0 Å². The minimum atomic E-state index is -1.15. The molecule has 2 N–H and O–H groups in total. The first-order valence-electron chi connectivity index (χ1n) is 8.18. The zero-order chi connectivity index (χ0) is 18.7. The number of hydrogen-bond acceptors (Lipinski definition) is 6. The highest BCUT2D eigenvalue weighted by molar-refractivity contribution is 5.71. The van der Waals surface area contributed by atoms with E-state index in [9.17, 15) is 19.8 Å². The van der Waals surface area contributed by atoms with Crippen molar-refractivity contribution in [3.8, 4) is 0 Å². The van der Waals surface area contributed by atoms with Crippen LogP contribution in [0.2, 0.25) is 0 Å². The minimum absolute atomic E-state index is 0.0504. The predicted molar refractivity (Wildman–Crippen MR) is 87.4 cm³/mol. The van der Waals surface area contributed by atoms with Gasteiger partial charge in [-0.3, -0.25) is 9.80 Å². The van der Waals surface area contributed by atoms with E-state index in [2.05, 4.69) is 0 Å². The van der Waals surface area contributed by atoms with Crippen molar-refractivity contribution >= 4 is 12.2 Å². The molecule has 24 heavy (non-hydrogen) atoms. The molecule has 1 rings (SSSR count). The van der Waals surface area contributed by atoms with Gasteiger partial charge in [0, 0.05) is 13.1 Å². The smallest absolute Gasteiger partial charge is 0.411 e. The Morgan fingerprint density at radius 3 is 1.50 bits per heavy atom. The van der Waals surface area contributed by atoms with E-state index in [1.54, 1.807) is 41.5 Å². The fourth-order valence-electron chi connectivity index (χ4n) is 1.84. The second kappa shape index (κ2) is 7.57. The van der Waals surface area contributed by atoms with Gasteiger partial charge in [0.15, 0.2) is 0 Å². The summed E-state index contributed by atoms with van der Waals surface area (Å²) in [6.07, 6.45) is -1.93. The summed E-state index contributed by atoms with van der Waals surface area (Å²) in [5.74, 6) is 0. The lowest BCUT2D eigenvalue weighted by Crippen LogP contribution is -2.52. The Hall–Kier alpha value is -1.54. The third-order valence-electron chi connectivity index (χ3n) is 4.26. The van der Waals surface area contributed by atoms with Gasteiger partial charge < -0.3 is 19.7 Å². The maximum absolute atomic E-state index is 12.2. The third kappa shape index (κ3) is 5.83. The minimum Gasteiger partial charge on any atom is -0.443 e. The van der Waals surface area contributed by atoms with Crippen LogP contribution in [-0.2, 0) is 9.47 Å². The summed E-state index contributed by atoms with van der Waals surface area (Å²) in [5.41, 5.74) is -2.29. The largest absolute Gasteiger partial charge is 0.443 e. The molecule has 0 saturated carbocycles. The van der Waals surface area contributed by atoms with E-state index in [-0.39, 0.29) is 6.67 Å². The zero-order valence-electron chi connectivity index (χ0n) is 15.4. The van der Waals surface area contributed by atoms with Crippen molar-refractivity contribution in [1.82, 2.24) is 9.80 Å². The third-order valence-corrected chi connectivity index (χ3v) is 4.26. The van der Waals surface area contributed by atoms with E-state index >= 15 is 0 Å². The summed E-state index contributed by atoms with van der Waals surface area (Å²) in [4.78, 5) is 27.1. The molecule has 0 aromatic rings. The van der Waals surface area contributed by atoms with Crippen LogP contribution in [0.3, 0.4) is 0 Å². The molecule has 8 nitrogen and oxygen atoms in total. The topological polar surface area (TPSA) is 99.5 Å². The van der Waals surface area contributed by atoms with Crippen LogP contribution in [0.15, 0.2) is 0 Å². The lowest BCUT2D eigenvalue weighted by molar-refractivity contribution is -0.0685. The first-order chi connectivity index (χ1) is 10.8. The van der Waals surface area contributed by atoms with Crippen LogP contribution in [0, 0.1) is 0 Å². The van der Waals surface area contributed by atoms with Crippen LogP contribution in [0.1, 0.15) is 48.0 Å². The van der Waals surface area contributed by atoms with Crippen LogP contribution in [0.5, 0.6) is 0 Å². The van der Waals surface area contributed by atoms with Crippen molar-refractivity contribution in [2.24, 2.45) is 0 Å². The van der Waals surface area contributed by atoms with Crippen LogP contribution < -0.4 is 0 Å². The molecule has 1 aliphatic rings. The van der Waals surface area contributed by atoms with Crippen molar-refractivity contribution in [3.63, 3.8) is 0 Å². The number of aliphatic hydroxyl groups is 2. The molecule has 0 spiro atoms. The molecule has 140 valence electrons. The quantitative estimate of drug-likeness (QED) is 0.801. The molecular weight excluding hydrogens is 316 g/mol. The second-order valence-electron chi connectivity index (χ2n) is 7.38. The molecule has 2 amide bonds. The Bertz CT molecular complexity index is 414. The normalized spacial score (nSPS) is 18.8. The zero-order valence-corrected chi connectivity index (χ0v) is 15.4. The SMILES string of the molecule is CC(OC(=O)N1CCCN(C(=O)OC(C)C(C)(C)O)C1)C(C)(C)O. The van der Waals surface area contributed by atoms with E-state index in [0.717, 1.165) is 0 Å². The van der Waals surface area contributed by atoms with Crippen LogP contribution in [0.25, 0.3) is 0 Å². The summed E-state index contributed by atoms with van der Waals surface area (Å²) in [7, 11) is 0. The number of nitrogens with zero attached hydrogens (tertiary/aromatic N) is 2. The molecule has 1 fully saturated rings. The molecule has 2 atom stereocenters. The van der Waals surface area contributed by atoms with E-state index in [4.69, 9.17) is 9.47 Å². The number of carbonyl (C=O) groups excluding carboxylic acids is 2. The highest BCUT2D eigenvalue weighted by Gasteiger charge is 2.33. The summed E-state index contributed by atoms with van der Waals surface area (Å²) in [5, 5.41) is 19.7. The second-order valence-corrected chi connectivity index (χ2v) is 7.38. The van der Waals surface area contributed by atoms with Gasteiger partial charge in [-0.05, 0) is 48.0 Å². The van der Waals surface area contributed by atoms with E-state index in [1.807, 2.05) is 0 Å². The van der Waals surface area contributed by atoms with Crippen molar-refractivity contribution in [2.75, 3.05) is 19.8 Å². The summed E-state index contributed by atoms with van der Waals surface area (Å²) < 4.78 is 10.5. The van der Waals surface area contributed by atoms with Gasteiger partial charge in [0.05, 0.1) is 11.2 Å². The number of amides is 2. The van der Waals surface area contributed by atoms with Gasteiger partial charge in [0.2, 0.25) is 0 Å². The highest BCUT2D eigenvalue weighted by atomic mass is 16.6. The Morgan fingerprint density at radius 2 is 1.21 bits per heavy atom.